The van der Waals surface area contributed by atoms with Gasteiger partial charge in [-0.15, -0.1) is 6.42 Å². The van der Waals surface area contributed by atoms with Crippen LogP contribution in [0, 0.1) is 12.3 Å². The van der Waals surface area contributed by atoms with E-state index in [0.717, 1.165) is 0 Å². The predicted octanol–water partition coefficient (Wildman–Crippen LogP) is 0.414. The Hall–Kier alpha value is -2.22. The highest BCUT2D eigenvalue weighted by Crippen LogP contribution is 2.04. The van der Waals surface area contributed by atoms with Gasteiger partial charge in [0.05, 0.1) is 13.2 Å². The fourth-order valence-electron chi connectivity index (χ4n) is 1.30. The smallest absolute Gasteiger partial charge is 0.354 e. The van der Waals surface area contributed by atoms with E-state index in [0.29, 0.717) is 12.3 Å². The Labute approximate surface area is 99.8 Å². The lowest BCUT2D eigenvalue weighted by Gasteiger charge is -2.07. The Balaban J connectivity index is 2.66. The Bertz CT molecular complexity index is 443. The maximum atomic E-state index is 11.5. The molecule has 0 spiro atoms. The van der Waals surface area contributed by atoms with Crippen molar-refractivity contribution < 1.29 is 14.3 Å². The van der Waals surface area contributed by atoms with Gasteiger partial charge in [0, 0.05) is 6.20 Å². The van der Waals surface area contributed by atoms with Gasteiger partial charge in [0.2, 0.25) is 5.91 Å². The molecule has 0 unspecified atom stereocenters. The van der Waals surface area contributed by atoms with E-state index < -0.39 is 5.97 Å². The van der Waals surface area contributed by atoms with E-state index in [1.165, 1.54) is 4.57 Å². The molecule has 0 aliphatic carbocycles. The van der Waals surface area contributed by atoms with Crippen LogP contribution in [-0.2, 0) is 16.1 Å². The van der Waals surface area contributed by atoms with Gasteiger partial charge in [0.1, 0.15) is 12.2 Å². The van der Waals surface area contributed by atoms with Gasteiger partial charge in [-0.05, 0) is 19.1 Å². The molecule has 0 atom stereocenters. The number of nitrogens with one attached hydrogen (secondary N) is 1. The molecular formula is C12H14N2O3. The minimum absolute atomic E-state index is 0.0445. The second-order valence-corrected chi connectivity index (χ2v) is 3.22. The van der Waals surface area contributed by atoms with Crippen LogP contribution in [0.25, 0.3) is 0 Å². The van der Waals surface area contributed by atoms with Crippen molar-refractivity contribution in [2.75, 3.05) is 13.2 Å². The largest absolute Gasteiger partial charge is 0.461 e. The molecule has 17 heavy (non-hydrogen) atoms. The first-order chi connectivity index (χ1) is 8.19. The lowest BCUT2D eigenvalue weighted by Crippen LogP contribution is -2.28. The highest BCUT2D eigenvalue weighted by Gasteiger charge is 2.13. The number of carbonyl (C=O) groups excluding carboxylic acids is 2. The summed E-state index contributed by atoms with van der Waals surface area (Å²) in [6.45, 7) is 2.25. The van der Waals surface area contributed by atoms with E-state index in [-0.39, 0.29) is 19.0 Å². The van der Waals surface area contributed by atoms with Crippen molar-refractivity contribution in [3.8, 4) is 12.3 Å². The average molecular weight is 234 g/mol. The highest BCUT2D eigenvalue weighted by molar-refractivity contribution is 5.88. The molecule has 0 fully saturated rings. The molecule has 5 nitrogen and oxygen atoms in total. The molecular weight excluding hydrogens is 220 g/mol. The zero-order valence-electron chi connectivity index (χ0n) is 9.60. The summed E-state index contributed by atoms with van der Waals surface area (Å²) < 4.78 is 6.38. The maximum Gasteiger partial charge on any atom is 0.354 e. The van der Waals surface area contributed by atoms with Crippen molar-refractivity contribution in [1.29, 1.82) is 0 Å². The van der Waals surface area contributed by atoms with Crippen LogP contribution in [-0.4, -0.2) is 29.6 Å². The molecule has 0 aliphatic rings. The quantitative estimate of drug-likeness (QED) is 0.593. The third-order valence-corrected chi connectivity index (χ3v) is 2.02. The summed E-state index contributed by atoms with van der Waals surface area (Å²) in [5, 5.41) is 2.52. The topological polar surface area (TPSA) is 60.3 Å². The fraction of sp³-hybridized carbons (Fsp3) is 0.333. The Kier molecular flexibility index (Phi) is 4.82. The van der Waals surface area contributed by atoms with Crippen LogP contribution in [0.5, 0.6) is 0 Å². The molecule has 1 heterocycles. The third kappa shape index (κ3) is 3.68. The Morgan fingerprint density at radius 2 is 2.35 bits per heavy atom. The van der Waals surface area contributed by atoms with Crippen LogP contribution in [0.2, 0.25) is 0 Å². The molecule has 1 aromatic rings. The highest BCUT2D eigenvalue weighted by atomic mass is 16.5. The SMILES string of the molecule is C#CCNC(=O)Cn1cccc1C(=O)OCC. The third-order valence-electron chi connectivity index (χ3n) is 2.02. The summed E-state index contributed by atoms with van der Waals surface area (Å²) >= 11 is 0. The van der Waals surface area contributed by atoms with Gasteiger partial charge >= 0.3 is 5.97 Å². The molecule has 90 valence electrons. The fourth-order valence-corrected chi connectivity index (χ4v) is 1.30. The van der Waals surface area contributed by atoms with Crippen LogP contribution >= 0.6 is 0 Å². The first-order valence-electron chi connectivity index (χ1n) is 5.21. The molecule has 1 rings (SSSR count). The van der Waals surface area contributed by atoms with E-state index in [4.69, 9.17) is 11.2 Å². The van der Waals surface area contributed by atoms with E-state index in [1.807, 2.05) is 0 Å². The van der Waals surface area contributed by atoms with Gasteiger partial charge in [-0.1, -0.05) is 5.92 Å². The molecule has 1 aromatic heterocycles. The monoisotopic (exact) mass is 234 g/mol. The molecule has 0 aromatic carbocycles. The first kappa shape index (κ1) is 12.8. The number of ether oxygens (including phenoxy) is 1. The van der Waals surface area contributed by atoms with Gasteiger partial charge < -0.3 is 14.6 Å². The van der Waals surface area contributed by atoms with Gasteiger partial charge in [0.15, 0.2) is 0 Å². The zero-order chi connectivity index (χ0) is 12.7. The van der Waals surface area contributed by atoms with Crippen molar-refractivity contribution in [3.05, 3.63) is 24.0 Å². The van der Waals surface area contributed by atoms with Crippen molar-refractivity contribution in [2.45, 2.75) is 13.5 Å². The van der Waals surface area contributed by atoms with E-state index in [2.05, 4.69) is 11.2 Å². The number of rotatable bonds is 5. The maximum absolute atomic E-state index is 11.5. The summed E-state index contributed by atoms with van der Waals surface area (Å²) in [6, 6.07) is 3.28. The number of aromatic nitrogens is 1. The van der Waals surface area contributed by atoms with Gasteiger partial charge in [-0.2, -0.15) is 0 Å². The molecule has 0 saturated carbocycles. The Morgan fingerprint density at radius 3 is 3.00 bits per heavy atom. The number of nitrogens with zero attached hydrogens (tertiary/aromatic N) is 1. The molecule has 1 amide bonds. The molecule has 5 heteroatoms. The number of esters is 1. The molecule has 0 radical (unpaired) electrons. The van der Waals surface area contributed by atoms with Gasteiger partial charge in [-0.3, -0.25) is 4.79 Å². The summed E-state index contributed by atoms with van der Waals surface area (Å²) in [5.41, 5.74) is 0.350. The second kappa shape index (κ2) is 6.38. The number of hydrogen-bond donors (Lipinski definition) is 1. The number of hydrogen-bond acceptors (Lipinski definition) is 3. The minimum Gasteiger partial charge on any atom is -0.461 e. The lowest BCUT2D eigenvalue weighted by molar-refractivity contribution is -0.121. The Morgan fingerprint density at radius 1 is 1.59 bits per heavy atom. The second-order valence-electron chi connectivity index (χ2n) is 3.22. The first-order valence-corrected chi connectivity index (χ1v) is 5.21. The summed E-state index contributed by atoms with van der Waals surface area (Å²) in [5.74, 6) is 1.62. The van der Waals surface area contributed by atoms with Crippen LogP contribution in [0.15, 0.2) is 18.3 Å². The van der Waals surface area contributed by atoms with E-state index in [9.17, 15) is 9.59 Å². The molecule has 1 N–H and O–H groups in total. The van der Waals surface area contributed by atoms with Crippen LogP contribution in [0.3, 0.4) is 0 Å². The van der Waals surface area contributed by atoms with Crippen molar-refractivity contribution in [2.24, 2.45) is 0 Å². The van der Waals surface area contributed by atoms with Crippen LogP contribution in [0.1, 0.15) is 17.4 Å². The van der Waals surface area contributed by atoms with E-state index in [1.54, 1.807) is 25.3 Å². The number of amides is 1. The molecule has 0 bridgehead atoms. The van der Waals surface area contributed by atoms with Crippen molar-refractivity contribution in [3.63, 3.8) is 0 Å². The van der Waals surface area contributed by atoms with E-state index >= 15 is 0 Å². The summed E-state index contributed by atoms with van der Waals surface area (Å²) in [4.78, 5) is 22.9. The lowest BCUT2D eigenvalue weighted by atomic mass is 10.4. The minimum atomic E-state index is -0.442. The van der Waals surface area contributed by atoms with Crippen LogP contribution < -0.4 is 5.32 Å². The predicted molar refractivity (Wildman–Crippen MR) is 62.2 cm³/mol. The molecule has 0 saturated heterocycles. The van der Waals surface area contributed by atoms with Crippen molar-refractivity contribution in [1.82, 2.24) is 9.88 Å². The van der Waals surface area contributed by atoms with Gasteiger partial charge in [0.25, 0.3) is 0 Å². The summed E-state index contributed by atoms with van der Waals surface area (Å²) in [7, 11) is 0. The van der Waals surface area contributed by atoms with Crippen molar-refractivity contribution >= 4 is 11.9 Å². The summed E-state index contributed by atoms with van der Waals surface area (Å²) in [6.07, 6.45) is 6.66. The average Bonchev–Trinajstić information content (AvgIpc) is 2.75. The normalized spacial score (nSPS) is 9.41. The number of carbonyl (C=O) groups is 2. The van der Waals surface area contributed by atoms with Crippen LogP contribution in [0.4, 0.5) is 0 Å². The zero-order valence-corrected chi connectivity index (χ0v) is 9.60. The number of terminal acetylenes is 1. The standard InChI is InChI=1S/C12H14N2O3/c1-3-7-13-11(15)9-14-8-5-6-10(14)12(16)17-4-2/h1,5-6,8H,4,7,9H2,2H3,(H,13,15). The van der Waals surface area contributed by atoms with Gasteiger partial charge in [-0.25, -0.2) is 4.79 Å². The molecule has 0 aliphatic heterocycles.